The second kappa shape index (κ2) is 9.00. The van der Waals surface area contributed by atoms with Crippen LogP contribution in [0.2, 0.25) is 10.0 Å². The number of carbonyl (C=O) groups excluding carboxylic acids is 1. The van der Waals surface area contributed by atoms with Gasteiger partial charge in [0.2, 0.25) is 0 Å². The number of rotatable bonds is 3. The number of hydrogen-bond donors (Lipinski definition) is 0. The maximum absolute atomic E-state index is 13.2. The molecule has 0 aliphatic carbocycles. The van der Waals surface area contributed by atoms with Crippen LogP contribution < -0.4 is 9.80 Å². The van der Waals surface area contributed by atoms with Crippen LogP contribution in [-0.4, -0.2) is 56.3 Å². The Morgan fingerprint density at radius 3 is 2.45 bits per heavy atom. The van der Waals surface area contributed by atoms with E-state index < -0.39 is 0 Å². The molecular formula is C22H23Cl2N3OS. The minimum absolute atomic E-state index is 0.0291. The predicted octanol–water partition coefficient (Wildman–Crippen LogP) is 4.87. The SMILES string of the molecule is CN1CCN(c2ccccc2C=C2SCCN(c3cccc(Cl)c3Cl)C2=O)CC1. The van der Waals surface area contributed by atoms with E-state index in [1.807, 2.05) is 24.3 Å². The lowest BCUT2D eigenvalue weighted by Crippen LogP contribution is -2.44. The second-order valence-electron chi connectivity index (χ2n) is 7.24. The monoisotopic (exact) mass is 447 g/mol. The number of halogens is 2. The Hall–Kier alpha value is -1.66. The Bertz CT molecular complexity index is 941. The number of thioether (sulfide) groups is 1. The summed E-state index contributed by atoms with van der Waals surface area (Å²) in [5.41, 5.74) is 2.93. The molecule has 7 heteroatoms. The van der Waals surface area contributed by atoms with Crippen molar-refractivity contribution in [3.63, 3.8) is 0 Å². The molecule has 0 saturated carbocycles. The summed E-state index contributed by atoms with van der Waals surface area (Å²) < 4.78 is 0. The molecule has 0 unspecified atom stereocenters. The van der Waals surface area contributed by atoms with Crippen LogP contribution in [0.4, 0.5) is 11.4 Å². The van der Waals surface area contributed by atoms with Crippen molar-refractivity contribution in [2.45, 2.75) is 0 Å². The summed E-state index contributed by atoms with van der Waals surface area (Å²) in [4.78, 5) is 20.4. The highest BCUT2D eigenvalue weighted by molar-refractivity contribution is 8.04. The molecule has 2 aromatic carbocycles. The van der Waals surface area contributed by atoms with Gasteiger partial charge >= 0.3 is 0 Å². The lowest BCUT2D eigenvalue weighted by molar-refractivity contribution is -0.114. The van der Waals surface area contributed by atoms with Gasteiger partial charge in [0.25, 0.3) is 5.91 Å². The van der Waals surface area contributed by atoms with Crippen LogP contribution in [0.15, 0.2) is 47.4 Å². The van der Waals surface area contributed by atoms with E-state index in [-0.39, 0.29) is 5.91 Å². The minimum Gasteiger partial charge on any atom is -0.368 e. The van der Waals surface area contributed by atoms with Crippen molar-refractivity contribution >= 4 is 58.3 Å². The third-order valence-corrected chi connectivity index (χ3v) is 7.12. The number of piperazine rings is 1. The van der Waals surface area contributed by atoms with Crippen LogP contribution in [0.1, 0.15) is 5.56 Å². The van der Waals surface area contributed by atoms with E-state index in [1.165, 1.54) is 5.69 Å². The molecule has 1 amide bonds. The summed E-state index contributed by atoms with van der Waals surface area (Å²) in [5, 5.41) is 0.882. The zero-order chi connectivity index (χ0) is 20.4. The fourth-order valence-corrected chi connectivity index (χ4v) is 5.00. The first-order valence-electron chi connectivity index (χ1n) is 9.67. The predicted molar refractivity (Wildman–Crippen MR) is 125 cm³/mol. The Morgan fingerprint density at radius 2 is 1.66 bits per heavy atom. The van der Waals surface area contributed by atoms with Gasteiger partial charge in [0, 0.05) is 44.2 Å². The Labute approximate surface area is 186 Å². The third-order valence-electron chi connectivity index (χ3n) is 5.32. The Morgan fingerprint density at radius 1 is 0.931 bits per heavy atom. The highest BCUT2D eigenvalue weighted by atomic mass is 35.5. The first kappa shape index (κ1) is 20.6. The Kier molecular flexibility index (Phi) is 6.40. The summed E-state index contributed by atoms with van der Waals surface area (Å²) in [7, 11) is 2.15. The van der Waals surface area contributed by atoms with Crippen molar-refractivity contribution in [2.75, 3.05) is 55.3 Å². The van der Waals surface area contributed by atoms with E-state index in [9.17, 15) is 4.79 Å². The molecule has 0 radical (unpaired) electrons. The molecule has 29 heavy (non-hydrogen) atoms. The lowest BCUT2D eigenvalue weighted by atomic mass is 10.1. The molecule has 2 aromatic rings. The fourth-order valence-electron chi connectivity index (χ4n) is 3.66. The summed E-state index contributed by atoms with van der Waals surface area (Å²) >= 11 is 14.1. The van der Waals surface area contributed by atoms with Crippen molar-refractivity contribution in [1.82, 2.24) is 4.90 Å². The van der Waals surface area contributed by atoms with Crippen LogP contribution in [0.3, 0.4) is 0 Å². The normalized spacial score (nSPS) is 19.8. The highest BCUT2D eigenvalue weighted by Crippen LogP contribution is 2.37. The summed E-state index contributed by atoms with van der Waals surface area (Å²) in [6, 6.07) is 13.7. The average Bonchev–Trinajstić information content (AvgIpc) is 2.73. The van der Waals surface area contributed by atoms with E-state index in [4.69, 9.17) is 23.2 Å². The molecule has 0 spiro atoms. The van der Waals surface area contributed by atoms with E-state index in [0.717, 1.165) is 42.4 Å². The largest absolute Gasteiger partial charge is 0.368 e. The maximum atomic E-state index is 13.2. The van der Waals surface area contributed by atoms with E-state index in [0.29, 0.717) is 22.3 Å². The topological polar surface area (TPSA) is 26.8 Å². The smallest absolute Gasteiger partial charge is 0.264 e. The van der Waals surface area contributed by atoms with Gasteiger partial charge in [-0.25, -0.2) is 0 Å². The number of benzene rings is 2. The van der Waals surface area contributed by atoms with Crippen LogP contribution in [0, 0.1) is 0 Å². The fraction of sp³-hybridized carbons (Fsp3) is 0.318. The van der Waals surface area contributed by atoms with Gasteiger partial charge in [-0.1, -0.05) is 47.5 Å². The molecule has 0 N–H and O–H groups in total. The van der Waals surface area contributed by atoms with Crippen LogP contribution >= 0.6 is 35.0 Å². The van der Waals surface area contributed by atoms with Gasteiger partial charge in [-0.05, 0) is 36.9 Å². The minimum atomic E-state index is -0.0291. The Balaban J connectivity index is 1.63. The van der Waals surface area contributed by atoms with Gasteiger partial charge in [0.05, 0.1) is 20.6 Å². The van der Waals surface area contributed by atoms with Crippen molar-refractivity contribution in [2.24, 2.45) is 0 Å². The summed E-state index contributed by atoms with van der Waals surface area (Å²) in [6.45, 7) is 4.67. The number of amides is 1. The van der Waals surface area contributed by atoms with Crippen LogP contribution in [0.5, 0.6) is 0 Å². The molecule has 2 saturated heterocycles. The summed E-state index contributed by atoms with van der Waals surface area (Å²) in [5.74, 6) is 0.787. The lowest BCUT2D eigenvalue weighted by Gasteiger charge is -2.35. The van der Waals surface area contributed by atoms with E-state index >= 15 is 0 Å². The van der Waals surface area contributed by atoms with Gasteiger partial charge < -0.3 is 14.7 Å². The second-order valence-corrected chi connectivity index (χ2v) is 9.16. The van der Waals surface area contributed by atoms with Gasteiger partial charge in [-0.15, -0.1) is 11.8 Å². The number of carbonyl (C=O) groups is 1. The molecule has 2 fully saturated rings. The molecule has 0 atom stereocenters. The first-order chi connectivity index (χ1) is 14.0. The number of likely N-dealkylation sites (N-methyl/N-ethyl adjacent to an activating group) is 1. The molecule has 0 aromatic heterocycles. The average molecular weight is 448 g/mol. The molecule has 0 bridgehead atoms. The molecule has 2 aliphatic rings. The van der Waals surface area contributed by atoms with Gasteiger partial charge in [0.1, 0.15) is 0 Å². The van der Waals surface area contributed by atoms with E-state index in [1.54, 1.807) is 22.7 Å². The molecule has 152 valence electrons. The zero-order valence-corrected chi connectivity index (χ0v) is 18.6. The standard InChI is InChI=1S/C22H23Cl2N3OS/c1-25-9-11-26(12-10-25)18-7-3-2-5-16(18)15-20-22(28)27(13-14-29-20)19-8-4-6-17(23)21(19)24/h2-8,15H,9-14H2,1H3. The number of para-hydroxylation sites is 1. The summed E-state index contributed by atoms with van der Waals surface area (Å²) in [6.07, 6.45) is 2.02. The first-order valence-corrected chi connectivity index (χ1v) is 11.4. The number of nitrogens with zero attached hydrogens (tertiary/aromatic N) is 3. The van der Waals surface area contributed by atoms with Crippen molar-refractivity contribution < 1.29 is 4.79 Å². The molecule has 2 aliphatic heterocycles. The molecule has 2 heterocycles. The third kappa shape index (κ3) is 4.43. The van der Waals surface area contributed by atoms with Gasteiger partial charge in [-0.3, -0.25) is 4.79 Å². The maximum Gasteiger partial charge on any atom is 0.264 e. The van der Waals surface area contributed by atoms with Crippen LogP contribution in [0.25, 0.3) is 6.08 Å². The molecule has 4 rings (SSSR count). The highest BCUT2D eigenvalue weighted by Gasteiger charge is 2.27. The van der Waals surface area contributed by atoms with E-state index in [2.05, 4.69) is 35.0 Å². The van der Waals surface area contributed by atoms with Crippen molar-refractivity contribution in [3.8, 4) is 0 Å². The number of anilines is 2. The van der Waals surface area contributed by atoms with Gasteiger partial charge in [-0.2, -0.15) is 0 Å². The quantitative estimate of drug-likeness (QED) is 0.627. The zero-order valence-electron chi connectivity index (χ0n) is 16.3. The van der Waals surface area contributed by atoms with Crippen molar-refractivity contribution in [1.29, 1.82) is 0 Å². The van der Waals surface area contributed by atoms with Gasteiger partial charge in [0.15, 0.2) is 0 Å². The molecular weight excluding hydrogens is 425 g/mol. The van der Waals surface area contributed by atoms with Crippen molar-refractivity contribution in [3.05, 3.63) is 63.0 Å². The molecule has 4 nitrogen and oxygen atoms in total. The van der Waals surface area contributed by atoms with Crippen LogP contribution in [-0.2, 0) is 4.79 Å². The number of hydrogen-bond acceptors (Lipinski definition) is 4.